The number of hydrogen-bond acceptors (Lipinski definition) is 4. The maximum Gasteiger partial charge on any atom is 0.322 e. The molecule has 0 aromatic carbocycles. The SMILES string of the molecule is COc1ncccc1NC(=O)N(C)Cc1sccc1C. The Morgan fingerprint density at radius 2 is 2.30 bits per heavy atom. The number of hydrogen-bond donors (Lipinski definition) is 1. The second kappa shape index (κ2) is 6.38. The lowest BCUT2D eigenvalue weighted by atomic mass is 10.3. The summed E-state index contributed by atoms with van der Waals surface area (Å²) in [5.41, 5.74) is 1.77. The van der Waals surface area contributed by atoms with Crippen molar-refractivity contribution in [3.8, 4) is 5.88 Å². The molecule has 0 radical (unpaired) electrons. The van der Waals surface area contributed by atoms with E-state index in [0.29, 0.717) is 18.1 Å². The molecule has 0 spiro atoms. The zero-order valence-electron chi connectivity index (χ0n) is 11.7. The Kier molecular flexibility index (Phi) is 4.57. The van der Waals surface area contributed by atoms with Gasteiger partial charge in [-0.05, 0) is 36.1 Å². The zero-order chi connectivity index (χ0) is 14.5. The summed E-state index contributed by atoms with van der Waals surface area (Å²) >= 11 is 1.65. The summed E-state index contributed by atoms with van der Waals surface area (Å²) in [7, 11) is 3.29. The average molecular weight is 291 g/mol. The quantitative estimate of drug-likeness (QED) is 0.941. The van der Waals surface area contributed by atoms with Crippen molar-refractivity contribution in [3.05, 3.63) is 40.2 Å². The van der Waals surface area contributed by atoms with Crippen molar-refractivity contribution in [1.82, 2.24) is 9.88 Å². The van der Waals surface area contributed by atoms with Crippen LogP contribution in [0.1, 0.15) is 10.4 Å². The molecule has 0 unspecified atom stereocenters. The van der Waals surface area contributed by atoms with Crippen LogP contribution in [0, 0.1) is 6.92 Å². The van der Waals surface area contributed by atoms with Crippen LogP contribution in [0.5, 0.6) is 5.88 Å². The summed E-state index contributed by atoms with van der Waals surface area (Å²) in [6.07, 6.45) is 1.62. The van der Waals surface area contributed by atoms with E-state index in [4.69, 9.17) is 4.74 Å². The van der Waals surface area contributed by atoms with Gasteiger partial charge in [-0.2, -0.15) is 0 Å². The van der Waals surface area contributed by atoms with Crippen LogP contribution in [0.25, 0.3) is 0 Å². The lowest BCUT2D eigenvalue weighted by Crippen LogP contribution is -2.30. The third-order valence-electron chi connectivity index (χ3n) is 2.90. The van der Waals surface area contributed by atoms with Crippen LogP contribution in [0.2, 0.25) is 0 Å². The Balaban J connectivity index is 2.02. The van der Waals surface area contributed by atoms with E-state index >= 15 is 0 Å². The van der Waals surface area contributed by atoms with Gasteiger partial charge in [0.15, 0.2) is 0 Å². The molecule has 106 valence electrons. The van der Waals surface area contributed by atoms with Gasteiger partial charge in [0.2, 0.25) is 5.88 Å². The summed E-state index contributed by atoms with van der Waals surface area (Å²) in [5, 5.41) is 4.83. The number of ether oxygens (including phenoxy) is 1. The van der Waals surface area contributed by atoms with Crippen molar-refractivity contribution in [2.45, 2.75) is 13.5 Å². The number of aryl methyl sites for hydroxylation is 1. The first kappa shape index (κ1) is 14.3. The standard InChI is InChI=1S/C14H17N3O2S/c1-10-6-8-20-12(10)9-17(2)14(18)16-11-5-4-7-15-13(11)19-3/h4-8H,9H2,1-3H3,(H,16,18). The predicted molar refractivity (Wildman–Crippen MR) is 80.3 cm³/mol. The summed E-state index contributed by atoms with van der Waals surface area (Å²) in [6, 6.07) is 5.37. The number of amides is 2. The van der Waals surface area contributed by atoms with Crippen molar-refractivity contribution in [2.24, 2.45) is 0 Å². The van der Waals surface area contributed by atoms with Gasteiger partial charge in [-0.3, -0.25) is 0 Å². The molecular formula is C14H17N3O2S. The van der Waals surface area contributed by atoms with Crippen LogP contribution in [-0.2, 0) is 6.54 Å². The molecule has 5 nitrogen and oxygen atoms in total. The molecule has 2 aromatic rings. The lowest BCUT2D eigenvalue weighted by Gasteiger charge is -2.18. The predicted octanol–water partition coefficient (Wildman–Crippen LogP) is 3.12. The number of thiophene rings is 1. The van der Waals surface area contributed by atoms with Crippen LogP contribution >= 0.6 is 11.3 Å². The van der Waals surface area contributed by atoms with Gasteiger partial charge in [-0.1, -0.05) is 0 Å². The van der Waals surface area contributed by atoms with Gasteiger partial charge < -0.3 is 15.0 Å². The van der Waals surface area contributed by atoms with Crippen molar-refractivity contribution >= 4 is 23.1 Å². The molecule has 2 aromatic heterocycles. The molecule has 0 saturated heterocycles. The summed E-state index contributed by atoms with van der Waals surface area (Å²) in [5.74, 6) is 0.404. The van der Waals surface area contributed by atoms with Crippen LogP contribution in [0.4, 0.5) is 10.5 Å². The number of anilines is 1. The Bertz CT molecular complexity index is 598. The lowest BCUT2D eigenvalue weighted by molar-refractivity contribution is 0.221. The number of pyridine rings is 1. The first-order valence-corrected chi connectivity index (χ1v) is 7.04. The number of rotatable bonds is 4. The van der Waals surface area contributed by atoms with E-state index in [1.807, 2.05) is 12.3 Å². The first-order chi connectivity index (χ1) is 9.61. The zero-order valence-corrected chi connectivity index (χ0v) is 12.5. The molecule has 0 aliphatic carbocycles. The van der Waals surface area contributed by atoms with Crippen LogP contribution < -0.4 is 10.1 Å². The molecule has 0 aliphatic heterocycles. The third-order valence-corrected chi connectivity index (χ3v) is 3.91. The summed E-state index contributed by atoms with van der Waals surface area (Å²) in [6.45, 7) is 2.62. The number of nitrogens with one attached hydrogen (secondary N) is 1. The first-order valence-electron chi connectivity index (χ1n) is 6.16. The molecule has 1 N–H and O–H groups in total. The maximum atomic E-state index is 12.2. The molecular weight excluding hydrogens is 274 g/mol. The van der Waals surface area contributed by atoms with Gasteiger partial charge in [0.25, 0.3) is 0 Å². The number of carbonyl (C=O) groups is 1. The second-order valence-electron chi connectivity index (χ2n) is 4.37. The van der Waals surface area contributed by atoms with Gasteiger partial charge in [0.05, 0.1) is 13.7 Å². The highest BCUT2D eigenvalue weighted by Crippen LogP contribution is 2.21. The van der Waals surface area contributed by atoms with E-state index < -0.39 is 0 Å². The van der Waals surface area contributed by atoms with E-state index in [9.17, 15) is 4.79 Å². The van der Waals surface area contributed by atoms with E-state index in [1.165, 1.54) is 17.6 Å². The normalized spacial score (nSPS) is 10.2. The van der Waals surface area contributed by atoms with Crippen LogP contribution in [0.15, 0.2) is 29.8 Å². The van der Waals surface area contributed by atoms with Gasteiger partial charge in [0.1, 0.15) is 5.69 Å². The fourth-order valence-electron chi connectivity index (χ4n) is 1.71. The molecule has 2 heterocycles. The Morgan fingerprint density at radius 3 is 2.95 bits per heavy atom. The minimum Gasteiger partial charge on any atom is -0.480 e. The van der Waals surface area contributed by atoms with Crippen LogP contribution in [-0.4, -0.2) is 30.1 Å². The molecule has 2 rings (SSSR count). The number of urea groups is 1. The summed E-state index contributed by atoms with van der Waals surface area (Å²) in [4.78, 5) is 19.0. The highest BCUT2D eigenvalue weighted by Gasteiger charge is 2.13. The Morgan fingerprint density at radius 1 is 1.50 bits per heavy atom. The highest BCUT2D eigenvalue weighted by atomic mass is 32.1. The fraction of sp³-hybridized carbons (Fsp3) is 0.286. The molecule has 20 heavy (non-hydrogen) atoms. The van der Waals surface area contributed by atoms with Gasteiger partial charge in [-0.15, -0.1) is 11.3 Å². The molecule has 0 atom stereocenters. The van der Waals surface area contributed by atoms with Gasteiger partial charge in [0, 0.05) is 18.1 Å². The molecule has 2 amide bonds. The van der Waals surface area contributed by atoms with Crippen LogP contribution in [0.3, 0.4) is 0 Å². The van der Waals surface area contributed by atoms with Gasteiger partial charge >= 0.3 is 6.03 Å². The Labute approximate surface area is 122 Å². The Hall–Kier alpha value is -2.08. The minimum absolute atomic E-state index is 0.191. The fourth-order valence-corrected chi connectivity index (χ4v) is 2.67. The average Bonchev–Trinajstić information content (AvgIpc) is 2.84. The smallest absolute Gasteiger partial charge is 0.322 e. The van der Waals surface area contributed by atoms with E-state index in [-0.39, 0.29) is 6.03 Å². The molecule has 6 heteroatoms. The maximum absolute atomic E-state index is 12.2. The third kappa shape index (κ3) is 3.27. The van der Waals surface area contributed by atoms with Crippen molar-refractivity contribution in [3.63, 3.8) is 0 Å². The number of carbonyl (C=O) groups excluding carboxylic acids is 1. The molecule has 0 aliphatic rings. The largest absolute Gasteiger partial charge is 0.480 e. The van der Waals surface area contributed by atoms with Gasteiger partial charge in [-0.25, -0.2) is 9.78 Å². The number of aromatic nitrogens is 1. The number of methoxy groups -OCH3 is 1. The highest BCUT2D eigenvalue weighted by molar-refractivity contribution is 7.10. The number of nitrogens with zero attached hydrogens (tertiary/aromatic N) is 2. The van der Waals surface area contributed by atoms with Crippen molar-refractivity contribution < 1.29 is 9.53 Å². The topological polar surface area (TPSA) is 54.5 Å². The monoisotopic (exact) mass is 291 g/mol. The molecule has 0 saturated carbocycles. The molecule has 0 fully saturated rings. The van der Waals surface area contributed by atoms with E-state index in [1.54, 1.807) is 41.6 Å². The van der Waals surface area contributed by atoms with E-state index in [2.05, 4.69) is 16.4 Å². The van der Waals surface area contributed by atoms with Crippen molar-refractivity contribution in [1.29, 1.82) is 0 Å². The van der Waals surface area contributed by atoms with Crippen molar-refractivity contribution in [2.75, 3.05) is 19.5 Å². The second-order valence-corrected chi connectivity index (χ2v) is 5.37. The molecule has 0 bridgehead atoms. The minimum atomic E-state index is -0.191. The summed E-state index contributed by atoms with van der Waals surface area (Å²) < 4.78 is 5.11. The van der Waals surface area contributed by atoms with E-state index in [0.717, 1.165) is 0 Å².